The molecule has 0 atom stereocenters. The van der Waals surface area contributed by atoms with Crippen molar-refractivity contribution in [2.75, 3.05) is 11.5 Å². The maximum Gasteiger partial charge on any atom is 0.150 e. The highest BCUT2D eigenvalue weighted by atomic mass is 32.2. The average Bonchev–Trinajstić information content (AvgIpc) is 2.69. The molecular formula is C8H13NO2S. The maximum atomic E-state index is 11.2. The molecule has 0 amide bonds. The topological polar surface area (TPSA) is 57.9 Å². The summed E-state index contributed by atoms with van der Waals surface area (Å²) in [6.45, 7) is 1.65. The van der Waals surface area contributed by atoms with Gasteiger partial charge in [0.2, 0.25) is 0 Å². The fourth-order valence-corrected chi connectivity index (χ4v) is 2.81. The van der Waals surface area contributed by atoms with Crippen molar-refractivity contribution in [3.05, 3.63) is 0 Å². The third-order valence-corrected chi connectivity index (χ3v) is 4.31. The van der Waals surface area contributed by atoms with Gasteiger partial charge in [0, 0.05) is 12.2 Å². The minimum atomic E-state index is -2.89. The van der Waals surface area contributed by atoms with Gasteiger partial charge in [-0.2, -0.15) is 5.26 Å². The van der Waals surface area contributed by atoms with Crippen molar-refractivity contribution >= 4 is 9.84 Å². The molecule has 1 saturated carbocycles. The van der Waals surface area contributed by atoms with Crippen LogP contribution in [-0.4, -0.2) is 19.9 Å². The van der Waals surface area contributed by atoms with Gasteiger partial charge in [-0.3, -0.25) is 0 Å². The number of hydrogen-bond acceptors (Lipinski definition) is 3. The molecule has 0 bridgehead atoms. The van der Waals surface area contributed by atoms with Gasteiger partial charge in [-0.15, -0.1) is 0 Å². The highest BCUT2D eigenvalue weighted by Crippen LogP contribution is 2.49. The molecule has 1 rings (SSSR count). The summed E-state index contributed by atoms with van der Waals surface area (Å²) in [7, 11) is -2.89. The summed E-state index contributed by atoms with van der Waals surface area (Å²) in [5, 5.41) is 8.47. The second-order valence-electron chi connectivity index (χ2n) is 3.51. The molecule has 1 aliphatic carbocycles. The van der Waals surface area contributed by atoms with Crippen LogP contribution in [0.2, 0.25) is 0 Å². The molecule has 0 unspecified atom stereocenters. The van der Waals surface area contributed by atoms with Crippen LogP contribution in [0.1, 0.15) is 26.2 Å². The van der Waals surface area contributed by atoms with Gasteiger partial charge in [0.25, 0.3) is 0 Å². The van der Waals surface area contributed by atoms with Crippen LogP contribution in [-0.2, 0) is 9.84 Å². The van der Waals surface area contributed by atoms with Crippen molar-refractivity contribution in [1.29, 1.82) is 5.26 Å². The molecule has 0 aromatic carbocycles. The lowest BCUT2D eigenvalue weighted by Crippen LogP contribution is -2.18. The SMILES string of the molecule is CCS(=O)(=O)CC1(CC#N)CC1. The fraction of sp³-hybridized carbons (Fsp3) is 0.875. The number of sulfone groups is 1. The molecule has 1 fully saturated rings. The van der Waals surface area contributed by atoms with E-state index in [9.17, 15) is 8.42 Å². The number of rotatable bonds is 4. The van der Waals surface area contributed by atoms with E-state index in [1.165, 1.54) is 0 Å². The van der Waals surface area contributed by atoms with Crippen LogP contribution < -0.4 is 0 Å². The molecule has 0 saturated heterocycles. The van der Waals surface area contributed by atoms with E-state index in [4.69, 9.17) is 5.26 Å². The minimum Gasteiger partial charge on any atom is -0.229 e. The Hall–Kier alpha value is -0.560. The summed E-state index contributed by atoms with van der Waals surface area (Å²) in [5.41, 5.74) is -0.163. The largest absolute Gasteiger partial charge is 0.229 e. The highest BCUT2D eigenvalue weighted by molar-refractivity contribution is 7.91. The van der Waals surface area contributed by atoms with Crippen molar-refractivity contribution in [3.63, 3.8) is 0 Å². The summed E-state index contributed by atoms with van der Waals surface area (Å²) in [6.07, 6.45) is 2.20. The van der Waals surface area contributed by atoms with Gasteiger partial charge in [0.15, 0.2) is 9.84 Å². The average molecular weight is 187 g/mol. The molecule has 0 heterocycles. The molecule has 12 heavy (non-hydrogen) atoms. The van der Waals surface area contributed by atoms with Gasteiger partial charge in [0.05, 0.1) is 11.8 Å². The Morgan fingerprint density at radius 1 is 1.50 bits per heavy atom. The molecule has 68 valence electrons. The van der Waals surface area contributed by atoms with Crippen molar-refractivity contribution < 1.29 is 8.42 Å². The first kappa shape index (κ1) is 9.53. The van der Waals surface area contributed by atoms with Crippen LogP contribution in [0.25, 0.3) is 0 Å². The van der Waals surface area contributed by atoms with Crippen molar-refractivity contribution in [2.45, 2.75) is 26.2 Å². The van der Waals surface area contributed by atoms with Crippen molar-refractivity contribution in [1.82, 2.24) is 0 Å². The standard InChI is InChI=1S/C8H13NO2S/c1-2-12(10,11)7-8(3-4-8)5-6-9/h2-5,7H2,1H3. The molecule has 0 radical (unpaired) electrons. The van der Waals surface area contributed by atoms with Gasteiger partial charge >= 0.3 is 0 Å². The van der Waals surface area contributed by atoms with E-state index in [1.54, 1.807) is 6.92 Å². The maximum absolute atomic E-state index is 11.2. The zero-order chi connectivity index (χ0) is 9.24. The van der Waals surface area contributed by atoms with Gasteiger partial charge in [-0.05, 0) is 18.3 Å². The summed E-state index contributed by atoms with van der Waals surface area (Å²) in [6, 6.07) is 2.05. The minimum absolute atomic E-state index is 0.163. The molecule has 4 heteroatoms. The van der Waals surface area contributed by atoms with E-state index in [-0.39, 0.29) is 16.9 Å². The van der Waals surface area contributed by atoms with E-state index < -0.39 is 9.84 Å². The van der Waals surface area contributed by atoms with Crippen molar-refractivity contribution in [2.24, 2.45) is 5.41 Å². The smallest absolute Gasteiger partial charge is 0.150 e. The number of hydrogen-bond donors (Lipinski definition) is 0. The Bertz CT molecular complexity index is 296. The normalized spacial score (nSPS) is 20.0. The van der Waals surface area contributed by atoms with Crippen LogP contribution in [0, 0.1) is 16.7 Å². The molecule has 0 aromatic rings. The van der Waals surface area contributed by atoms with Gasteiger partial charge in [-0.1, -0.05) is 6.92 Å². The Morgan fingerprint density at radius 3 is 2.42 bits per heavy atom. The van der Waals surface area contributed by atoms with Crippen molar-refractivity contribution in [3.8, 4) is 6.07 Å². The Balaban J connectivity index is 2.58. The molecule has 3 nitrogen and oxygen atoms in total. The molecule has 0 N–H and O–H groups in total. The zero-order valence-electron chi connectivity index (χ0n) is 7.21. The van der Waals surface area contributed by atoms with E-state index in [2.05, 4.69) is 6.07 Å². The number of nitriles is 1. The van der Waals surface area contributed by atoms with Crippen LogP contribution in [0.3, 0.4) is 0 Å². The van der Waals surface area contributed by atoms with Crippen LogP contribution >= 0.6 is 0 Å². The first-order chi connectivity index (χ1) is 5.54. The second kappa shape index (κ2) is 3.06. The first-order valence-electron chi connectivity index (χ1n) is 4.11. The molecule has 0 spiro atoms. The third kappa shape index (κ3) is 2.21. The quantitative estimate of drug-likeness (QED) is 0.662. The Kier molecular flexibility index (Phi) is 2.43. The molecular weight excluding hydrogens is 174 g/mol. The van der Waals surface area contributed by atoms with Crippen LogP contribution in [0.5, 0.6) is 0 Å². The summed E-state index contributed by atoms with van der Waals surface area (Å²) in [5.74, 6) is 0.407. The summed E-state index contributed by atoms with van der Waals surface area (Å²) < 4.78 is 22.4. The molecule has 0 aromatic heterocycles. The first-order valence-corrected chi connectivity index (χ1v) is 5.93. The molecule has 0 aliphatic heterocycles. The van der Waals surface area contributed by atoms with Gasteiger partial charge < -0.3 is 0 Å². The van der Waals surface area contributed by atoms with Gasteiger partial charge in [-0.25, -0.2) is 8.42 Å². The lowest BCUT2D eigenvalue weighted by atomic mass is 10.1. The third-order valence-electron chi connectivity index (χ3n) is 2.38. The monoisotopic (exact) mass is 187 g/mol. The van der Waals surface area contributed by atoms with Gasteiger partial charge in [0.1, 0.15) is 0 Å². The summed E-state index contributed by atoms with van der Waals surface area (Å²) in [4.78, 5) is 0. The Morgan fingerprint density at radius 2 is 2.08 bits per heavy atom. The van der Waals surface area contributed by atoms with E-state index in [0.29, 0.717) is 6.42 Å². The zero-order valence-corrected chi connectivity index (χ0v) is 8.02. The van der Waals surface area contributed by atoms with Crippen LogP contribution in [0.15, 0.2) is 0 Å². The molecule has 1 aliphatic rings. The van der Waals surface area contributed by atoms with E-state index >= 15 is 0 Å². The van der Waals surface area contributed by atoms with E-state index in [1.807, 2.05) is 0 Å². The second-order valence-corrected chi connectivity index (χ2v) is 5.86. The summed E-state index contributed by atoms with van der Waals surface area (Å²) >= 11 is 0. The predicted molar refractivity (Wildman–Crippen MR) is 46.2 cm³/mol. The Labute approximate surface area is 73.3 Å². The fourth-order valence-electron chi connectivity index (χ4n) is 1.29. The lowest BCUT2D eigenvalue weighted by molar-refractivity contribution is 0.549. The number of nitrogens with zero attached hydrogens (tertiary/aromatic N) is 1. The van der Waals surface area contributed by atoms with Crippen LogP contribution in [0.4, 0.5) is 0 Å². The van der Waals surface area contributed by atoms with E-state index in [0.717, 1.165) is 12.8 Å². The highest BCUT2D eigenvalue weighted by Gasteiger charge is 2.45. The predicted octanol–water partition coefficient (Wildman–Crippen LogP) is 1.11. The lowest BCUT2D eigenvalue weighted by Gasteiger charge is -2.09.